The molecule has 0 heterocycles. The van der Waals surface area contributed by atoms with Gasteiger partial charge in [0.1, 0.15) is 6.10 Å². The fourth-order valence-electron chi connectivity index (χ4n) is 3.28. The van der Waals surface area contributed by atoms with E-state index in [0.717, 1.165) is 42.1 Å². The second kappa shape index (κ2) is 6.47. The Morgan fingerprint density at radius 1 is 1.14 bits per heavy atom. The summed E-state index contributed by atoms with van der Waals surface area (Å²) in [7, 11) is 3.34. The van der Waals surface area contributed by atoms with Crippen molar-refractivity contribution in [2.75, 3.05) is 14.2 Å². The maximum Gasteiger partial charge on any atom is 0.203 e. The van der Waals surface area contributed by atoms with Crippen LogP contribution in [0.15, 0.2) is 12.1 Å². The quantitative estimate of drug-likeness (QED) is 0.689. The Labute approximate surface area is 136 Å². The maximum absolute atomic E-state index is 6.34. The highest BCUT2D eigenvalue weighted by molar-refractivity contribution is 9.09. The molecule has 1 aliphatic carbocycles. The van der Waals surface area contributed by atoms with Gasteiger partial charge in [-0.3, -0.25) is 0 Å². The summed E-state index contributed by atoms with van der Waals surface area (Å²) in [5.41, 5.74) is 1.29. The average molecular weight is 357 g/mol. The standard InChI is InChI=1S/C17H25BrO3/c1-6-17(7-2)14(18)10-15(17)21-16-12(19-4)8-11(3)9-13(16)20-5/h8-9,14-15H,6-7,10H2,1-5H3. The summed E-state index contributed by atoms with van der Waals surface area (Å²) in [6.45, 7) is 6.49. The maximum atomic E-state index is 6.34. The Kier molecular flexibility index (Phi) is 5.07. The van der Waals surface area contributed by atoms with Gasteiger partial charge in [0, 0.05) is 10.2 Å². The zero-order valence-corrected chi connectivity index (χ0v) is 15.1. The molecular weight excluding hydrogens is 332 g/mol. The number of ether oxygens (including phenoxy) is 3. The van der Waals surface area contributed by atoms with Gasteiger partial charge < -0.3 is 14.2 Å². The number of halogens is 1. The number of aryl methyl sites for hydroxylation is 1. The normalized spacial score (nSPS) is 23.3. The van der Waals surface area contributed by atoms with Crippen LogP contribution in [0.4, 0.5) is 0 Å². The molecule has 0 saturated heterocycles. The number of alkyl halides is 1. The van der Waals surface area contributed by atoms with E-state index < -0.39 is 0 Å². The molecule has 0 radical (unpaired) electrons. The molecule has 2 unspecified atom stereocenters. The summed E-state index contributed by atoms with van der Waals surface area (Å²) in [5, 5.41) is 0. The Morgan fingerprint density at radius 3 is 2.05 bits per heavy atom. The summed E-state index contributed by atoms with van der Waals surface area (Å²) >= 11 is 3.80. The predicted molar refractivity (Wildman–Crippen MR) is 89.0 cm³/mol. The van der Waals surface area contributed by atoms with E-state index in [0.29, 0.717) is 4.83 Å². The van der Waals surface area contributed by atoms with E-state index in [2.05, 4.69) is 29.8 Å². The molecule has 4 heteroatoms. The van der Waals surface area contributed by atoms with Crippen molar-refractivity contribution in [3.05, 3.63) is 17.7 Å². The van der Waals surface area contributed by atoms with Crippen LogP contribution >= 0.6 is 15.9 Å². The first-order valence-corrected chi connectivity index (χ1v) is 8.47. The van der Waals surface area contributed by atoms with Gasteiger partial charge in [-0.1, -0.05) is 29.8 Å². The van der Waals surface area contributed by atoms with Gasteiger partial charge in [-0.05, 0) is 43.9 Å². The fourth-order valence-corrected chi connectivity index (χ4v) is 4.56. The number of rotatable bonds is 6. The number of benzene rings is 1. The van der Waals surface area contributed by atoms with Crippen LogP contribution in [0.3, 0.4) is 0 Å². The lowest BCUT2D eigenvalue weighted by Crippen LogP contribution is -2.56. The summed E-state index contributed by atoms with van der Waals surface area (Å²) < 4.78 is 17.3. The third kappa shape index (κ3) is 2.75. The molecule has 1 aromatic carbocycles. The highest BCUT2D eigenvalue weighted by Gasteiger charge is 2.53. The smallest absolute Gasteiger partial charge is 0.203 e. The SMILES string of the molecule is CCC1(CC)C(Br)CC1Oc1c(OC)cc(C)cc1OC. The van der Waals surface area contributed by atoms with Gasteiger partial charge in [0.25, 0.3) is 0 Å². The molecular formula is C17H25BrO3. The molecule has 0 aromatic heterocycles. The van der Waals surface area contributed by atoms with Crippen molar-refractivity contribution in [2.24, 2.45) is 5.41 Å². The highest BCUT2D eigenvalue weighted by Crippen LogP contribution is 2.54. The number of hydrogen-bond donors (Lipinski definition) is 0. The summed E-state index contributed by atoms with van der Waals surface area (Å²) in [6.07, 6.45) is 3.41. The first-order chi connectivity index (χ1) is 10.0. The summed E-state index contributed by atoms with van der Waals surface area (Å²) in [6, 6.07) is 3.98. The van der Waals surface area contributed by atoms with E-state index in [1.165, 1.54) is 0 Å². The van der Waals surface area contributed by atoms with Gasteiger partial charge in [0.15, 0.2) is 11.5 Å². The van der Waals surface area contributed by atoms with Crippen molar-refractivity contribution in [1.29, 1.82) is 0 Å². The monoisotopic (exact) mass is 356 g/mol. The van der Waals surface area contributed by atoms with Crippen molar-refractivity contribution >= 4 is 15.9 Å². The molecule has 0 aliphatic heterocycles. The first-order valence-electron chi connectivity index (χ1n) is 7.55. The van der Waals surface area contributed by atoms with E-state index in [4.69, 9.17) is 14.2 Å². The van der Waals surface area contributed by atoms with Crippen LogP contribution in [0.25, 0.3) is 0 Å². The second-order valence-corrected chi connectivity index (χ2v) is 6.85. The van der Waals surface area contributed by atoms with Crippen LogP contribution in [0, 0.1) is 12.3 Å². The molecule has 1 saturated carbocycles. The third-order valence-corrected chi connectivity index (χ3v) is 6.15. The molecule has 0 bridgehead atoms. The minimum Gasteiger partial charge on any atom is -0.493 e. The summed E-state index contributed by atoms with van der Waals surface area (Å²) in [5.74, 6) is 2.21. The minimum atomic E-state index is 0.195. The lowest BCUT2D eigenvalue weighted by atomic mass is 9.62. The molecule has 0 amide bonds. The Balaban J connectivity index is 2.32. The number of methoxy groups -OCH3 is 2. The van der Waals surface area contributed by atoms with Gasteiger partial charge in [-0.2, -0.15) is 0 Å². The van der Waals surface area contributed by atoms with E-state index in [9.17, 15) is 0 Å². The van der Waals surface area contributed by atoms with E-state index >= 15 is 0 Å². The largest absolute Gasteiger partial charge is 0.493 e. The zero-order chi connectivity index (χ0) is 15.6. The fraction of sp³-hybridized carbons (Fsp3) is 0.647. The lowest BCUT2D eigenvalue weighted by Gasteiger charge is -2.52. The molecule has 2 atom stereocenters. The van der Waals surface area contributed by atoms with Gasteiger partial charge in [-0.25, -0.2) is 0 Å². The van der Waals surface area contributed by atoms with Crippen LogP contribution in [0.5, 0.6) is 17.2 Å². The van der Waals surface area contributed by atoms with Crippen molar-refractivity contribution < 1.29 is 14.2 Å². The molecule has 2 rings (SSSR count). The van der Waals surface area contributed by atoms with E-state index in [1.807, 2.05) is 19.1 Å². The van der Waals surface area contributed by atoms with Crippen LogP contribution in [0.1, 0.15) is 38.7 Å². The minimum absolute atomic E-state index is 0.195. The van der Waals surface area contributed by atoms with E-state index in [-0.39, 0.29) is 11.5 Å². The number of hydrogen-bond acceptors (Lipinski definition) is 3. The first kappa shape index (κ1) is 16.5. The Morgan fingerprint density at radius 2 is 1.67 bits per heavy atom. The van der Waals surface area contributed by atoms with Gasteiger partial charge in [0.2, 0.25) is 5.75 Å². The molecule has 1 aliphatic rings. The van der Waals surface area contributed by atoms with Gasteiger partial charge >= 0.3 is 0 Å². The van der Waals surface area contributed by atoms with Gasteiger partial charge in [0.05, 0.1) is 14.2 Å². The van der Waals surface area contributed by atoms with Crippen molar-refractivity contribution in [3.63, 3.8) is 0 Å². The average Bonchev–Trinajstić information content (AvgIpc) is 2.48. The molecule has 0 spiro atoms. The molecule has 1 aromatic rings. The predicted octanol–water partition coefficient (Wildman–Crippen LogP) is 4.73. The molecule has 21 heavy (non-hydrogen) atoms. The van der Waals surface area contributed by atoms with Crippen molar-refractivity contribution in [1.82, 2.24) is 0 Å². The topological polar surface area (TPSA) is 27.7 Å². The van der Waals surface area contributed by atoms with E-state index in [1.54, 1.807) is 14.2 Å². The highest BCUT2D eigenvalue weighted by atomic mass is 79.9. The molecule has 1 fully saturated rings. The van der Waals surface area contributed by atoms with Crippen LogP contribution in [0.2, 0.25) is 0 Å². The van der Waals surface area contributed by atoms with Crippen LogP contribution < -0.4 is 14.2 Å². The van der Waals surface area contributed by atoms with Crippen LogP contribution in [-0.2, 0) is 0 Å². The Hall–Kier alpha value is -0.900. The van der Waals surface area contributed by atoms with Crippen molar-refractivity contribution in [2.45, 2.75) is 51.0 Å². The Bertz CT molecular complexity index is 472. The lowest BCUT2D eigenvalue weighted by molar-refractivity contribution is -0.0433. The summed E-state index contributed by atoms with van der Waals surface area (Å²) in [4.78, 5) is 0.521. The van der Waals surface area contributed by atoms with Crippen molar-refractivity contribution in [3.8, 4) is 17.2 Å². The molecule has 118 valence electrons. The second-order valence-electron chi connectivity index (χ2n) is 5.75. The third-order valence-electron chi connectivity index (χ3n) is 4.87. The molecule has 3 nitrogen and oxygen atoms in total. The zero-order valence-electron chi connectivity index (χ0n) is 13.5. The van der Waals surface area contributed by atoms with Gasteiger partial charge in [-0.15, -0.1) is 0 Å². The molecule has 0 N–H and O–H groups in total. The van der Waals surface area contributed by atoms with Crippen LogP contribution in [-0.4, -0.2) is 25.2 Å².